The number of carbonyl (C=O) groups excluding carboxylic acids is 2. The number of aromatic nitrogens is 2. The number of piperidine rings is 1. The SMILES string of the molecule is CNC(=O)c1nnsc1NC(=O)N1CCC(Cc2ccccc2)CC1. The molecule has 2 aromatic rings. The molecule has 0 spiro atoms. The van der Waals surface area contributed by atoms with E-state index in [1.54, 1.807) is 4.90 Å². The summed E-state index contributed by atoms with van der Waals surface area (Å²) in [5.41, 5.74) is 1.50. The van der Waals surface area contributed by atoms with Gasteiger partial charge in [0.15, 0.2) is 10.7 Å². The van der Waals surface area contributed by atoms with Crippen molar-refractivity contribution in [2.75, 3.05) is 25.5 Å². The lowest BCUT2D eigenvalue weighted by Crippen LogP contribution is -2.41. The number of nitrogens with one attached hydrogen (secondary N) is 2. The zero-order chi connectivity index (χ0) is 17.6. The Labute approximate surface area is 150 Å². The Morgan fingerprint density at radius 2 is 1.96 bits per heavy atom. The van der Waals surface area contributed by atoms with Gasteiger partial charge in [0, 0.05) is 31.7 Å². The maximum Gasteiger partial charge on any atom is 0.322 e. The van der Waals surface area contributed by atoms with Gasteiger partial charge < -0.3 is 10.2 Å². The van der Waals surface area contributed by atoms with E-state index >= 15 is 0 Å². The highest BCUT2D eigenvalue weighted by molar-refractivity contribution is 7.10. The molecule has 7 nitrogen and oxygen atoms in total. The Morgan fingerprint density at radius 3 is 2.64 bits per heavy atom. The number of amides is 3. The number of nitrogens with zero attached hydrogens (tertiary/aromatic N) is 3. The minimum absolute atomic E-state index is 0.153. The molecule has 1 aromatic carbocycles. The molecule has 1 aromatic heterocycles. The highest BCUT2D eigenvalue weighted by Crippen LogP contribution is 2.23. The van der Waals surface area contributed by atoms with Crippen LogP contribution in [-0.2, 0) is 6.42 Å². The van der Waals surface area contributed by atoms with Crippen LogP contribution in [0.4, 0.5) is 9.80 Å². The molecule has 2 heterocycles. The number of benzene rings is 1. The van der Waals surface area contributed by atoms with Crippen molar-refractivity contribution >= 4 is 28.5 Å². The molecular formula is C17H21N5O2S. The Hall–Kier alpha value is -2.48. The molecule has 3 rings (SSSR count). The molecule has 0 radical (unpaired) electrons. The third-order valence-corrected chi connectivity index (χ3v) is 5.06. The van der Waals surface area contributed by atoms with E-state index in [1.165, 1.54) is 12.6 Å². The van der Waals surface area contributed by atoms with Crippen molar-refractivity contribution in [1.29, 1.82) is 0 Å². The number of urea groups is 1. The van der Waals surface area contributed by atoms with Crippen LogP contribution < -0.4 is 10.6 Å². The van der Waals surface area contributed by atoms with Gasteiger partial charge >= 0.3 is 6.03 Å². The first-order valence-corrected chi connectivity index (χ1v) is 9.09. The van der Waals surface area contributed by atoms with Gasteiger partial charge in [-0.05, 0) is 30.7 Å². The quantitative estimate of drug-likeness (QED) is 0.877. The van der Waals surface area contributed by atoms with Crippen LogP contribution in [0.5, 0.6) is 0 Å². The predicted octanol–water partition coefficient (Wildman–Crippen LogP) is 2.38. The number of anilines is 1. The highest BCUT2D eigenvalue weighted by atomic mass is 32.1. The van der Waals surface area contributed by atoms with E-state index in [9.17, 15) is 9.59 Å². The fraction of sp³-hybridized carbons (Fsp3) is 0.412. The molecule has 1 fully saturated rings. The lowest BCUT2D eigenvalue weighted by atomic mass is 9.90. The van der Waals surface area contributed by atoms with Crippen molar-refractivity contribution in [2.45, 2.75) is 19.3 Å². The average Bonchev–Trinajstić information content (AvgIpc) is 3.10. The van der Waals surface area contributed by atoms with Crippen LogP contribution in [0, 0.1) is 5.92 Å². The maximum absolute atomic E-state index is 12.4. The number of carbonyl (C=O) groups is 2. The molecule has 0 bridgehead atoms. The molecule has 8 heteroatoms. The standard InChI is InChI=1S/C17H21N5O2S/c1-18-15(23)14-16(25-21-20-14)19-17(24)22-9-7-13(8-10-22)11-12-5-3-2-4-6-12/h2-6,13H,7-11H2,1H3,(H,18,23)(H,19,24). The van der Waals surface area contributed by atoms with Gasteiger partial charge in [0.2, 0.25) is 0 Å². The van der Waals surface area contributed by atoms with Crippen molar-refractivity contribution in [2.24, 2.45) is 5.92 Å². The van der Waals surface area contributed by atoms with Crippen LogP contribution in [0.3, 0.4) is 0 Å². The maximum atomic E-state index is 12.4. The zero-order valence-corrected chi connectivity index (χ0v) is 14.9. The fourth-order valence-electron chi connectivity index (χ4n) is 3.00. The second-order valence-electron chi connectivity index (χ2n) is 6.08. The highest BCUT2D eigenvalue weighted by Gasteiger charge is 2.25. The van der Waals surface area contributed by atoms with Crippen LogP contribution in [0.15, 0.2) is 30.3 Å². The lowest BCUT2D eigenvalue weighted by Gasteiger charge is -2.32. The summed E-state index contributed by atoms with van der Waals surface area (Å²) in [6.07, 6.45) is 3.01. The third kappa shape index (κ3) is 4.33. The summed E-state index contributed by atoms with van der Waals surface area (Å²) < 4.78 is 3.75. The van der Waals surface area contributed by atoms with Crippen LogP contribution in [0.1, 0.15) is 28.9 Å². The van der Waals surface area contributed by atoms with E-state index in [2.05, 4.69) is 44.5 Å². The van der Waals surface area contributed by atoms with Crippen molar-refractivity contribution in [3.63, 3.8) is 0 Å². The summed E-state index contributed by atoms with van der Waals surface area (Å²) in [6.45, 7) is 1.43. The summed E-state index contributed by atoms with van der Waals surface area (Å²) in [5, 5.41) is 9.40. The van der Waals surface area contributed by atoms with Crippen molar-refractivity contribution in [1.82, 2.24) is 19.8 Å². The van der Waals surface area contributed by atoms with E-state index in [0.29, 0.717) is 24.0 Å². The molecule has 1 saturated heterocycles. The zero-order valence-electron chi connectivity index (χ0n) is 14.1. The number of hydrogen-bond donors (Lipinski definition) is 2. The van der Waals surface area contributed by atoms with Gasteiger partial charge in [0.1, 0.15) is 0 Å². The molecule has 1 aliphatic rings. The fourth-order valence-corrected chi connectivity index (χ4v) is 3.56. The van der Waals surface area contributed by atoms with Gasteiger partial charge in [-0.2, -0.15) is 0 Å². The summed E-state index contributed by atoms with van der Waals surface area (Å²) in [5.74, 6) is 0.239. The Bertz CT molecular complexity index is 726. The van der Waals surface area contributed by atoms with Crippen molar-refractivity contribution < 1.29 is 9.59 Å². The summed E-state index contributed by atoms with van der Waals surface area (Å²) in [7, 11) is 1.52. The van der Waals surface area contributed by atoms with E-state index in [4.69, 9.17) is 0 Å². The van der Waals surface area contributed by atoms with Gasteiger partial charge in [-0.15, -0.1) is 5.10 Å². The monoisotopic (exact) mass is 359 g/mol. The van der Waals surface area contributed by atoms with Gasteiger partial charge in [-0.25, -0.2) is 4.79 Å². The summed E-state index contributed by atoms with van der Waals surface area (Å²) >= 11 is 1.01. The second kappa shape index (κ2) is 8.06. The summed E-state index contributed by atoms with van der Waals surface area (Å²) in [6, 6.07) is 10.2. The molecule has 132 valence electrons. The summed E-state index contributed by atoms with van der Waals surface area (Å²) in [4.78, 5) is 25.9. The smallest absolute Gasteiger partial charge is 0.322 e. The van der Waals surface area contributed by atoms with E-state index < -0.39 is 0 Å². The minimum Gasteiger partial charge on any atom is -0.354 e. The van der Waals surface area contributed by atoms with Gasteiger partial charge in [-0.3, -0.25) is 10.1 Å². The Morgan fingerprint density at radius 1 is 1.24 bits per heavy atom. The molecule has 2 N–H and O–H groups in total. The van der Waals surface area contributed by atoms with Crippen LogP contribution in [-0.4, -0.2) is 46.6 Å². The van der Waals surface area contributed by atoms with E-state index in [-0.39, 0.29) is 17.6 Å². The predicted molar refractivity (Wildman–Crippen MR) is 96.8 cm³/mol. The van der Waals surface area contributed by atoms with Crippen LogP contribution >= 0.6 is 11.5 Å². The number of rotatable bonds is 4. The lowest BCUT2D eigenvalue weighted by molar-refractivity contribution is 0.0959. The van der Waals surface area contributed by atoms with Crippen molar-refractivity contribution in [3.8, 4) is 0 Å². The first kappa shape index (κ1) is 17.3. The number of likely N-dealkylation sites (tertiary alicyclic amines) is 1. The van der Waals surface area contributed by atoms with Crippen LogP contribution in [0.25, 0.3) is 0 Å². The Balaban J connectivity index is 1.52. The number of hydrogen-bond acceptors (Lipinski definition) is 5. The molecule has 0 atom stereocenters. The van der Waals surface area contributed by atoms with Gasteiger partial charge in [0.25, 0.3) is 5.91 Å². The average molecular weight is 359 g/mol. The molecule has 1 aliphatic heterocycles. The molecule has 0 saturated carbocycles. The van der Waals surface area contributed by atoms with Crippen molar-refractivity contribution in [3.05, 3.63) is 41.6 Å². The third-order valence-electron chi connectivity index (χ3n) is 4.42. The van der Waals surface area contributed by atoms with E-state index in [1.807, 2.05) is 6.07 Å². The first-order chi connectivity index (χ1) is 12.2. The molecule has 25 heavy (non-hydrogen) atoms. The molecular weight excluding hydrogens is 338 g/mol. The van der Waals surface area contributed by atoms with E-state index in [0.717, 1.165) is 30.8 Å². The molecule has 3 amide bonds. The molecule has 0 unspecified atom stereocenters. The van der Waals surface area contributed by atoms with Gasteiger partial charge in [-0.1, -0.05) is 34.8 Å². The normalized spacial score (nSPS) is 15.0. The second-order valence-corrected chi connectivity index (χ2v) is 6.83. The minimum atomic E-state index is -0.356. The molecule has 0 aliphatic carbocycles. The topological polar surface area (TPSA) is 87.2 Å². The van der Waals surface area contributed by atoms with Gasteiger partial charge in [0.05, 0.1) is 0 Å². The van der Waals surface area contributed by atoms with Crippen LogP contribution in [0.2, 0.25) is 0 Å². The first-order valence-electron chi connectivity index (χ1n) is 8.31. The largest absolute Gasteiger partial charge is 0.354 e. The Kier molecular flexibility index (Phi) is 5.60.